The van der Waals surface area contributed by atoms with Crippen LogP contribution in [0, 0.1) is 13.8 Å². The SMILES string of the molecule is Cc1cn(S(C)(=O)=O)nc1C. The quantitative estimate of drug-likeness (QED) is 0.615. The minimum atomic E-state index is -3.20. The number of aromatic nitrogens is 2. The third-order valence-corrected chi connectivity index (χ3v) is 2.33. The van der Waals surface area contributed by atoms with Gasteiger partial charge in [0.15, 0.2) is 0 Å². The molecule has 0 aliphatic heterocycles. The summed E-state index contributed by atoms with van der Waals surface area (Å²) in [4.78, 5) is 0. The number of hydrogen-bond donors (Lipinski definition) is 0. The molecule has 1 rings (SSSR count). The molecule has 0 bridgehead atoms. The van der Waals surface area contributed by atoms with Gasteiger partial charge in [0.1, 0.15) is 0 Å². The van der Waals surface area contributed by atoms with E-state index in [1.54, 1.807) is 6.92 Å². The van der Waals surface area contributed by atoms with Crippen molar-refractivity contribution >= 4 is 10.0 Å². The Balaban J connectivity index is 3.29. The van der Waals surface area contributed by atoms with Crippen LogP contribution in [0.5, 0.6) is 0 Å². The Hall–Kier alpha value is -0.840. The van der Waals surface area contributed by atoms with E-state index >= 15 is 0 Å². The Morgan fingerprint density at radius 1 is 1.45 bits per heavy atom. The van der Waals surface area contributed by atoms with Crippen LogP contribution in [0.2, 0.25) is 0 Å². The van der Waals surface area contributed by atoms with Crippen LogP contribution in [0.15, 0.2) is 6.20 Å². The zero-order valence-corrected chi connectivity index (χ0v) is 7.51. The predicted octanol–water partition coefficient (Wildman–Crippen LogP) is 0.308. The average Bonchev–Trinajstić information content (AvgIpc) is 2.11. The maximum atomic E-state index is 10.9. The summed E-state index contributed by atoms with van der Waals surface area (Å²) < 4.78 is 22.8. The van der Waals surface area contributed by atoms with Crippen LogP contribution < -0.4 is 0 Å². The number of nitrogens with zero attached hydrogens (tertiary/aromatic N) is 2. The van der Waals surface area contributed by atoms with Gasteiger partial charge in [0.2, 0.25) is 0 Å². The molecule has 0 saturated heterocycles. The Morgan fingerprint density at radius 2 is 2.00 bits per heavy atom. The van der Waals surface area contributed by atoms with E-state index in [4.69, 9.17) is 0 Å². The topological polar surface area (TPSA) is 52.0 Å². The molecule has 1 aromatic heterocycles. The van der Waals surface area contributed by atoms with Crippen molar-refractivity contribution in [2.45, 2.75) is 13.8 Å². The molecule has 11 heavy (non-hydrogen) atoms. The van der Waals surface area contributed by atoms with Crippen LogP contribution in [-0.4, -0.2) is 23.9 Å². The van der Waals surface area contributed by atoms with Crippen LogP contribution in [0.4, 0.5) is 0 Å². The van der Waals surface area contributed by atoms with E-state index < -0.39 is 10.0 Å². The molecule has 0 atom stereocenters. The van der Waals surface area contributed by atoms with E-state index in [1.807, 2.05) is 6.92 Å². The first kappa shape index (κ1) is 8.26. The fourth-order valence-electron chi connectivity index (χ4n) is 0.685. The Morgan fingerprint density at radius 3 is 2.18 bits per heavy atom. The summed E-state index contributed by atoms with van der Waals surface area (Å²) in [5.41, 5.74) is 1.63. The molecule has 0 radical (unpaired) electrons. The van der Waals surface area contributed by atoms with Gasteiger partial charge >= 0.3 is 0 Å². The largest absolute Gasteiger partial charge is 0.250 e. The molecule has 0 aromatic carbocycles. The first-order valence-corrected chi connectivity index (χ1v) is 4.99. The minimum absolute atomic E-state index is 0.746. The van der Waals surface area contributed by atoms with Crippen LogP contribution in [-0.2, 0) is 10.0 Å². The summed E-state index contributed by atoms with van der Waals surface area (Å²) in [5.74, 6) is 0. The molecule has 0 spiro atoms. The number of aryl methyl sites for hydroxylation is 2. The van der Waals surface area contributed by atoms with E-state index in [-0.39, 0.29) is 0 Å². The van der Waals surface area contributed by atoms with Crippen LogP contribution in [0.1, 0.15) is 11.3 Å². The molecule has 0 N–H and O–H groups in total. The maximum absolute atomic E-state index is 10.9. The smallest absolute Gasteiger partial charge is 0.205 e. The van der Waals surface area contributed by atoms with Crippen LogP contribution in [0.3, 0.4) is 0 Å². The summed E-state index contributed by atoms with van der Waals surface area (Å²) >= 11 is 0. The van der Waals surface area contributed by atoms with E-state index in [0.29, 0.717) is 0 Å². The van der Waals surface area contributed by atoms with Crippen molar-refractivity contribution in [1.29, 1.82) is 0 Å². The van der Waals surface area contributed by atoms with Crippen molar-refractivity contribution in [3.05, 3.63) is 17.5 Å². The predicted molar refractivity (Wildman–Crippen MR) is 41.9 cm³/mol. The van der Waals surface area contributed by atoms with Crippen LogP contribution >= 0.6 is 0 Å². The molecule has 0 aliphatic carbocycles. The monoisotopic (exact) mass is 174 g/mol. The molecule has 1 heterocycles. The van der Waals surface area contributed by atoms with Gasteiger partial charge < -0.3 is 0 Å². The average molecular weight is 174 g/mol. The van der Waals surface area contributed by atoms with Crippen molar-refractivity contribution in [2.75, 3.05) is 6.26 Å². The summed E-state index contributed by atoms with van der Waals surface area (Å²) in [6, 6.07) is 0. The zero-order valence-electron chi connectivity index (χ0n) is 6.70. The molecule has 0 fully saturated rings. The highest BCUT2D eigenvalue weighted by atomic mass is 32.2. The summed E-state index contributed by atoms with van der Waals surface area (Å²) in [6.45, 7) is 3.60. The summed E-state index contributed by atoms with van der Waals surface area (Å²) in [6.07, 6.45) is 2.63. The van der Waals surface area contributed by atoms with Gasteiger partial charge in [-0.1, -0.05) is 0 Å². The third-order valence-electron chi connectivity index (χ3n) is 1.46. The van der Waals surface area contributed by atoms with Crippen LogP contribution in [0.25, 0.3) is 0 Å². The second kappa shape index (κ2) is 2.34. The molecular weight excluding hydrogens is 164 g/mol. The lowest BCUT2D eigenvalue weighted by atomic mass is 10.3. The van der Waals surface area contributed by atoms with Gasteiger partial charge in [-0.2, -0.15) is 9.19 Å². The normalized spacial score (nSPS) is 11.9. The van der Waals surface area contributed by atoms with Gasteiger partial charge in [0.25, 0.3) is 10.0 Å². The lowest BCUT2D eigenvalue weighted by molar-refractivity contribution is 0.586. The fourth-order valence-corrected chi connectivity index (χ4v) is 1.30. The van der Waals surface area contributed by atoms with Crippen molar-refractivity contribution in [3.8, 4) is 0 Å². The van der Waals surface area contributed by atoms with E-state index in [9.17, 15) is 8.42 Å². The zero-order chi connectivity index (χ0) is 8.65. The standard InChI is InChI=1S/C6H10N2O2S/c1-5-4-8(7-6(5)2)11(3,9)10/h4H,1-3H3. The third kappa shape index (κ3) is 1.59. The minimum Gasteiger partial charge on any atom is -0.205 e. The highest BCUT2D eigenvalue weighted by molar-refractivity contribution is 7.89. The molecule has 0 aliphatic rings. The fraction of sp³-hybridized carbons (Fsp3) is 0.500. The highest BCUT2D eigenvalue weighted by Crippen LogP contribution is 2.03. The molecule has 5 heteroatoms. The summed E-state index contributed by atoms with van der Waals surface area (Å²) in [7, 11) is -3.20. The van der Waals surface area contributed by atoms with Gasteiger partial charge in [-0.15, -0.1) is 0 Å². The second-order valence-electron chi connectivity index (χ2n) is 2.53. The van der Waals surface area contributed by atoms with Gasteiger partial charge in [0.05, 0.1) is 11.9 Å². The van der Waals surface area contributed by atoms with Gasteiger partial charge in [0, 0.05) is 6.20 Å². The lowest BCUT2D eigenvalue weighted by Crippen LogP contribution is -2.10. The highest BCUT2D eigenvalue weighted by Gasteiger charge is 2.07. The van der Waals surface area contributed by atoms with Gasteiger partial charge in [-0.25, -0.2) is 8.42 Å². The van der Waals surface area contributed by atoms with E-state index in [0.717, 1.165) is 21.6 Å². The number of hydrogen-bond acceptors (Lipinski definition) is 3. The Kier molecular flexibility index (Phi) is 1.75. The van der Waals surface area contributed by atoms with Gasteiger partial charge in [-0.3, -0.25) is 0 Å². The maximum Gasteiger partial charge on any atom is 0.250 e. The van der Waals surface area contributed by atoms with Crippen molar-refractivity contribution < 1.29 is 8.42 Å². The summed E-state index contributed by atoms with van der Waals surface area (Å²) in [5, 5.41) is 3.81. The molecule has 0 saturated carbocycles. The lowest BCUT2D eigenvalue weighted by Gasteiger charge is -1.93. The first-order chi connectivity index (χ1) is 4.91. The van der Waals surface area contributed by atoms with E-state index in [1.165, 1.54) is 6.20 Å². The van der Waals surface area contributed by atoms with Crippen molar-refractivity contribution in [2.24, 2.45) is 0 Å². The van der Waals surface area contributed by atoms with Gasteiger partial charge in [-0.05, 0) is 19.4 Å². The van der Waals surface area contributed by atoms with E-state index in [2.05, 4.69) is 5.10 Å². The number of rotatable bonds is 1. The molecule has 62 valence electrons. The second-order valence-corrected chi connectivity index (χ2v) is 4.37. The Labute approximate surface area is 65.9 Å². The first-order valence-electron chi connectivity index (χ1n) is 3.14. The molecule has 1 aromatic rings. The molecule has 0 amide bonds. The Bertz CT molecular complexity index is 344. The molecule has 4 nitrogen and oxygen atoms in total. The van der Waals surface area contributed by atoms with Crippen molar-refractivity contribution in [3.63, 3.8) is 0 Å². The van der Waals surface area contributed by atoms with Crippen molar-refractivity contribution in [1.82, 2.24) is 9.19 Å². The molecule has 0 unspecified atom stereocenters. The molecular formula is C6H10N2O2S.